The topological polar surface area (TPSA) is 32.3 Å². The molecule has 0 saturated carbocycles. The summed E-state index contributed by atoms with van der Waals surface area (Å²) in [5.41, 5.74) is 0. The van der Waals surface area contributed by atoms with Crippen LogP contribution in [0.4, 0.5) is 4.79 Å². The smallest absolute Gasteiger partial charge is 0.317 e. The number of urea groups is 1. The number of rotatable bonds is 7. The second kappa shape index (κ2) is 9.22. The molecule has 0 bridgehead atoms. The molecule has 118 valence electrons. The van der Waals surface area contributed by atoms with Gasteiger partial charge in [-0.3, -0.25) is 0 Å². The van der Waals surface area contributed by atoms with Crippen molar-refractivity contribution in [2.45, 2.75) is 17.9 Å². The second-order valence-corrected chi connectivity index (χ2v) is 8.52. The van der Waals surface area contributed by atoms with Gasteiger partial charge in [-0.1, -0.05) is 18.2 Å². The molecule has 1 aromatic heterocycles. The van der Waals surface area contributed by atoms with Crippen molar-refractivity contribution in [3.63, 3.8) is 0 Å². The number of thioether (sulfide) groups is 1. The Kier molecular flexibility index (Phi) is 7.29. The predicted molar refractivity (Wildman–Crippen MR) is 98.7 cm³/mol. The number of hydrogen-bond donors (Lipinski definition) is 1. The van der Waals surface area contributed by atoms with E-state index in [4.69, 9.17) is 0 Å². The molecule has 6 heteroatoms. The summed E-state index contributed by atoms with van der Waals surface area (Å²) in [6.45, 7) is 1.35. The molecule has 0 saturated heterocycles. The Balaban J connectivity index is 1.61. The molecule has 0 aliphatic rings. The first-order valence-corrected chi connectivity index (χ1v) is 9.65. The van der Waals surface area contributed by atoms with Gasteiger partial charge < -0.3 is 10.2 Å². The fourth-order valence-corrected chi connectivity index (χ4v) is 4.26. The van der Waals surface area contributed by atoms with Gasteiger partial charge in [-0.25, -0.2) is 4.79 Å². The van der Waals surface area contributed by atoms with Gasteiger partial charge in [-0.05, 0) is 52.4 Å². The van der Waals surface area contributed by atoms with Gasteiger partial charge in [0.15, 0.2) is 0 Å². The molecule has 1 N–H and O–H groups in total. The summed E-state index contributed by atoms with van der Waals surface area (Å²) < 4.78 is 1.09. The summed E-state index contributed by atoms with van der Waals surface area (Å²) >= 11 is 6.91. The summed E-state index contributed by atoms with van der Waals surface area (Å²) in [6, 6.07) is 14.3. The minimum Gasteiger partial charge on any atom is -0.338 e. The van der Waals surface area contributed by atoms with Crippen molar-refractivity contribution in [1.82, 2.24) is 10.2 Å². The van der Waals surface area contributed by atoms with Gasteiger partial charge in [0, 0.05) is 23.4 Å². The molecular formula is C16H19BrN2OS2. The highest BCUT2D eigenvalue weighted by Crippen LogP contribution is 2.23. The maximum atomic E-state index is 12.0. The number of hydrogen-bond acceptors (Lipinski definition) is 3. The Bertz CT molecular complexity index is 589. The molecule has 0 spiro atoms. The first-order chi connectivity index (χ1) is 10.6. The van der Waals surface area contributed by atoms with E-state index < -0.39 is 0 Å². The molecule has 22 heavy (non-hydrogen) atoms. The van der Waals surface area contributed by atoms with Crippen molar-refractivity contribution < 1.29 is 4.79 Å². The summed E-state index contributed by atoms with van der Waals surface area (Å²) in [4.78, 5) is 16.1. The van der Waals surface area contributed by atoms with Crippen LogP contribution < -0.4 is 5.32 Å². The van der Waals surface area contributed by atoms with Crippen LogP contribution in [0.25, 0.3) is 0 Å². The zero-order valence-electron chi connectivity index (χ0n) is 12.4. The first-order valence-electron chi connectivity index (χ1n) is 7.06. The molecule has 0 aliphatic heterocycles. The fraction of sp³-hybridized carbons (Fsp3) is 0.312. The molecule has 1 aromatic carbocycles. The van der Waals surface area contributed by atoms with E-state index in [2.05, 4.69) is 33.4 Å². The van der Waals surface area contributed by atoms with Gasteiger partial charge in [-0.15, -0.1) is 23.1 Å². The van der Waals surface area contributed by atoms with E-state index >= 15 is 0 Å². The highest BCUT2D eigenvalue weighted by Gasteiger charge is 2.09. The lowest BCUT2D eigenvalue weighted by Crippen LogP contribution is -2.37. The Labute approximate surface area is 148 Å². The molecule has 0 aliphatic carbocycles. The molecule has 2 aromatic rings. The van der Waals surface area contributed by atoms with Gasteiger partial charge >= 0.3 is 6.03 Å². The number of nitrogens with one attached hydrogen (secondary N) is 1. The monoisotopic (exact) mass is 398 g/mol. The number of nitrogens with zero attached hydrogens (tertiary/aromatic N) is 1. The Hall–Kier alpha value is -0.980. The van der Waals surface area contributed by atoms with Gasteiger partial charge in [0.1, 0.15) is 0 Å². The number of amides is 2. The van der Waals surface area contributed by atoms with Gasteiger partial charge in [-0.2, -0.15) is 0 Å². The molecule has 0 atom stereocenters. The summed E-state index contributed by atoms with van der Waals surface area (Å²) in [6.07, 6.45) is 0.962. The van der Waals surface area contributed by atoms with Crippen molar-refractivity contribution in [3.05, 3.63) is 51.1 Å². The predicted octanol–water partition coefficient (Wildman–Crippen LogP) is 4.83. The number of benzene rings is 1. The lowest BCUT2D eigenvalue weighted by Gasteiger charge is -2.17. The van der Waals surface area contributed by atoms with Crippen LogP contribution in [0.5, 0.6) is 0 Å². The normalized spacial score (nSPS) is 10.5. The highest BCUT2D eigenvalue weighted by molar-refractivity contribution is 9.11. The van der Waals surface area contributed by atoms with Crippen LogP contribution in [0.3, 0.4) is 0 Å². The molecule has 2 rings (SSSR count). The molecule has 2 amide bonds. The number of carbonyl (C=O) groups is 1. The van der Waals surface area contributed by atoms with Crippen LogP contribution in [-0.4, -0.2) is 30.3 Å². The Morgan fingerprint density at radius 2 is 2.05 bits per heavy atom. The largest absolute Gasteiger partial charge is 0.338 e. The number of carbonyl (C=O) groups excluding carboxylic acids is 1. The van der Waals surface area contributed by atoms with E-state index in [-0.39, 0.29) is 6.03 Å². The lowest BCUT2D eigenvalue weighted by atomic mass is 10.4. The zero-order chi connectivity index (χ0) is 15.8. The summed E-state index contributed by atoms with van der Waals surface area (Å²) in [5, 5.41) is 2.96. The average molecular weight is 399 g/mol. The van der Waals surface area contributed by atoms with Crippen LogP contribution in [0.2, 0.25) is 0 Å². The van der Waals surface area contributed by atoms with Crippen molar-refractivity contribution >= 4 is 45.1 Å². The van der Waals surface area contributed by atoms with Crippen molar-refractivity contribution in [1.29, 1.82) is 0 Å². The van der Waals surface area contributed by atoms with E-state index in [0.717, 1.165) is 16.0 Å². The Morgan fingerprint density at radius 1 is 1.27 bits per heavy atom. The molecule has 0 radical (unpaired) electrons. The molecule has 0 fully saturated rings. The van der Waals surface area contributed by atoms with Crippen LogP contribution in [0.15, 0.2) is 51.1 Å². The van der Waals surface area contributed by atoms with E-state index in [0.29, 0.717) is 13.1 Å². The summed E-state index contributed by atoms with van der Waals surface area (Å²) in [5.74, 6) is 1.01. The minimum absolute atomic E-state index is 0.0192. The number of halogens is 1. The average Bonchev–Trinajstić information content (AvgIpc) is 2.92. The van der Waals surface area contributed by atoms with Crippen LogP contribution in [-0.2, 0) is 6.54 Å². The molecular weight excluding hydrogens is 380 g/mol. The van der Waals surface area contributed by atoms with E-state index in [1.54, 1.807) is 16.2 Å². The van der Waals surface area contributed by atoms with Crippen molar-refractivity contribution in [3.8, 4) is 0 Å². The molecule has 3 nitrogen and oxygen atoms in total. The second-order valence-electron chi connectivity index (χ2n) is 4.81. The van der Waals surface area contributed by atoms with Gasteiger partial charge in [0.05, 0.1) is 10.3 Å². The maximum absolute atomic E-state index is 12.0. The number of thiophene rings is 1. The van der Waals surface area contributed by atoms with Crippen LogP contribution in [0, 0.1) is 0 Å². The fourth-order valence-electron chi connectivity index (χ4n) is 1.85. The third-order valence-electron chi connectivity index (χ3n) is 2.98. The lowest BCUT2D eigenvalue weighted by molar-refractivity contribution is 0.207. The molecule has 1 heterocycles. The first kappa shape index (κ1) is 17.4. The third-order valence-corrected chi connectivity index (χ3v) is 5.68. The van der Waals surface area contributed by atoms with E-state index in [1.165, 1.54) is 9.77 Å². The SMILES string of the molecule is CN(Cc1ccc(Br)s1)C(=O)NCCCSc1ccccc1. The Morgan fingerprint density at radius 3 is 2.73 bits per heavy atom. The minimum atomic E-state index is -0.0192. The quantitative estimate of drug-likeness (QED) is 0.534. The van der Waals surface area contributed by atoms with Gasteiger partial charge in [0.25, 0.3) is 0 Å². The van der Waals surface area contributed by atoms with Crippen LogP contribution >= 0.6 is 39.0 Å². The van der Waals surface area contributed by atoms with Gasteiger partial charge in [0.2, 0.25) is 0 Å². The van der Waals surface area contributed by atoms with E-state index in [9.17, 15) is 4.79 Å². The molecule has 0 unspecified atom stereocenters. The standard InChI is InChI=1S/C16H19BrN2OS2/c1-19(12-14-8-9-15(17)22-14)16(20)18-10-5-11-21-13-6-3-2-4-7-13/h2-4,6-9H,5,10-12H2,1H3,(H,18,20). The maximum Gasteiger partial charge on any atom is 0.317 e. The third kappa shape index (κ3) is 6.02. The van der Waals surface area contributed by atoms with E-state index in [1.807, 2.05) is 49.1 Å². The van der Waals surface area contributed by atoms with Crippen molar-refractivity contribution in [2.75, 3.05) is 19.3 Å². The van der Waals surface area contributed by atoms with Crippen molar-refractivity contribution in [2.24, 2.45) is 0 Å². The van der Waals surface area contributed by atoms with Crippen LogP contribution in [0.1, 0.15) is 11.3 Å². The highest BCUT2D eigenvalue weighted by atomic mass is 79.9. The zero-order valence-corrected chi connectivity index (χ0v) is 15.6. The summed E-state index contributed by atoms with van der Waals surface area (Å²) in [7, 11) is 1.82.